The molecule has 4 nitrogen and oxygen atoms in total. The number of hydrogen-bond donors (Lipinski definition) is 0. The molecule has 1 fully saturated rings. The maximum Gasteiger partial charge on any atom is 0.151 e. The van der Waals surface area contributed by atoms with Crippen molar-refractivity contribution in [3.05, 3.63) is 15.5 Å². The third kappa shape index (κ3) is 1.52. The summed E-state index contributed by atoms with van der Waals surface area (Å²) in [6, 6.07) is 1.34. The second-order valence-corrected chi connectivity index (χ2v) is 5.73. The number of aromatic nitrogens is 3. The zero-order valence-electron chi connectivity index (χ0n) is 9.52. The molecular formula is C11H15IN4. The lowest BCUT2D eigenvalue weighted by atomic mass is 9.99. The maximum atomic E-state index is 4.13. The summed E-state index contributed by atoms with van der Waals surface area (Å²) in [5, 5.41) is 8.21. The van der Waals surface area contributed by atoms with Gasteiger partial charge in [-0.15, -0.1) is 5.10 Å². The minimum Gasteiger partial charge on any atom is -0.297 e. The molecule has 0 spiro atoms. The first-order chi connectivity index (χ1) is 7.66. The molecule has 2 bridgehead atoms. The first-order valence-electron chi connectivity index (χ1n) is 5.65. The molecule has 0 saturated carbocycles. The number of fused-ring (bicyclic) bond motifs is 2. The molecule has 1 aromatic rings. The van der Waals surface area contributed by atoms with Gasteiger partial charge in [-0.3, -0.25) is 4.90 Å². The molecule has 2 aliphatic rings. The highest BCUT2D eigenvalue weighted by molar-refractivity contribution is 14.1. The van der Waals surface area contributed by atoms with Crippen molar-refractivity contribution in [2.24, 2.45) is 7.05 Å². The summed E-state index contributed by atoms with van der Waals surface area (Å²) >= 11 is 2.27. The van der Waals surface area contributed by atoms with Crippen LogP contribution in [0.15, 0.2) is 6.08 Å². The summed E-state index contributed by atoms with van der Waals surface area (Å²) in [5.74, 6) is 0. The molecule has 3 heterocycles. The van der Waals surface area contributed by atoms with E-state index in [2.05, 4.69) is 50.9 Å². The molecule has 1 aromatic heterocycles. The van der Waals surface area contributed by atoms with Crippen LogP contribution in [0.5, 0.6) is 0 Å². The van der Waals surface area contributed by atoms with Gasteiger partial charge in [0.2, 0.25) is 0 Å². The predicted octanol–water partition coefficient (Wildman–Crippen LogP) is 1.67. The summed E-state index contributed by atoms with van der Waals surface area (Å²) in [5.41, 5.74) is 2.65. The van der Waals surface area contributed by atoms with Crippen LogP contribution in [0.1, 0.15) is 25.0 Å². The first-order valence-corrected chi connectivity index (χ1v) is 6.73. The van der Waals surface area contributed by atoms with Crippen LogP contribution in [0.4, 0.5) is 0 Å². The lowest BCUT2D eigenvalue weighted by Gasteiger charge is -2.30. The van der Waals surface area contributed by atoms with Gasteiger partial charge in [0, 0.05) is 19.1 Å². The molecule has 5 heteroatoms. The van der Waals surface area contributed by atoms with E-state index in [0.29, 0.717) is 6.04 Å². The van der Waals surface area contributed by atoms with Crippen molar-refractivity contribution in [3.8, 4) is 0 Å². The molecule has 0 aromatic carbocycles. The van der Waals surface area contributed by atoms with Crippen molar-refractivity contribution in [2.75, 3.05) is 7.05 Å². The maximum absolute atomic E-state index is 4.13. The van der Waals surface area contributed by atoms with Gasteiger partial charge in [-0.1, -0.05) is 11.3 Å². The first kappa shape index (κ1) is 10.7. The molecule has 0 aliphatic carbocycles. The molecule has 86 valence electrons. The van der Waals surface area contributed by atoms with Crippen molar-refractivity contribution in [1.29, 1.82) is 0 Å². The van der Waals surface area contributed by atoms with Crippen LogP contribution in [-0.4, -0.2) is 39.0 Å². The normalized spacial score (nSPS) is 29.6. The average Bonchev–Trinajstić information content (AvgIpc) is 2.67. The highest BCUT2D eigenvalue weighted by Gasteiger charge is 2.35. The van der Waals surface area contributed by atoms with Crippen molar-refractivity contribution < 1.29 is 0 Å². The second-order valence-electron chi connectivity index (χ2n) is 4.71. The van der Waals surface area contributed by atoms with Gasteiger partial charge in [0.1, 0.15) is 0 Å². The molecule has 0 amide bonds. The van der Waals surface area contributed by atoms with Gasteiger partial charge in [0.25, 0.3) is 0 Å². The summed E-state index contributed by atoms with van der Waals surface area (Å²) < 4.78 is 2.92. The Kier molecular flexibility index (Phi) is 2.54. The van der Waals surface area contributed by atoms with Crippen LogP contribution in [0.2, 0.25) is 0 Å². The van der Waals surface area contributed by atoms with Crippen LogP contribution in [-0.2, 0) is 7.05 Å². The van der Waals surface area contributed by atoms with Crippen molar-refractivity contribution >= 4 is 28.2 Å². The molecule has 2 atom stereocenters. The van der Waals surface area contributed by atoms with E-state index in [1.165, 1.54) is 24.1 Å². The van der Waals surface area contributed by atoms with Gasteiger partial charge in [0.05, 0.1) is 5.69 Å². The zero-order chi connectivity index (χ0) is 11.3. The van der Waals surface area contributed by atoms with E-state index in [1.807, 2.05) is 11.7 Å². The number of aryl methyl sites for hydroxylation is 1. The number of rotatable bonds is 1. The molecule has 2 aliphatic heterocycles. The number of nitrogens with zero attached hydrogens (tertiary/aromatic N) is 4. The summed E-state index contributed by atoms with van der Waals surface area (Å²) in [4.78, 5) is 2.50. The Morgan fingerprint density at radius 2 is 2.19 bits per heavy atom. The Morgan fingerprint density at radius 1 is 1.38 bits per heavy atom. The van der Waals surface area contributed by atoms with E-state index in [9.17, 15) is 0 Å². The minimum absolute atomic E-state index is 0.624. The lowest BCUT2D eigenvalue weighted by Crippen LogP contribution is -2.34. The highest BCUT2D eigenvalue weighted by atomic mass is 127. The SMILES string of the molecule is CN1C2C=C(c3c(I)nnn3C)CC1CC2. The smallest absolute Gasteiger partial charge is 0.151 e. The van der Waals surface area contributed by atoms with Gasteiger partial charge in [-0.2, -0.15) is 0 Å². The monoisotopic (exact) mass is 330 g/mol. The number of hydrogen-bond acceptors (Lipinski definition) is 3. The third-order valence-electron chi connectivity index (χ3n) is 3.83. The fourth-order valence-corrected chi connectivity index (χ4v) is 3.68. The Labute approximate surface area is 109 Å². The van der Waals surface area contributed by atoms with Crippen LogP contribution < -0.4 is 0 Å². The predicted molar refractivity (Wildman–Crippen MR) is 70.9 cm³/mol. The van der Waals surface area contributed by atoms with E-state index >= 15 is 0 Å². The fourth-order valence-electron chi connectivity index (χ4n) is 2.89. The van der Waals surface area contributed by atoms with E-state index < -0.39 is 0 Å². The molecular weight excluding hydrogens is 315 g/mol. The molecule has 0 N–H and O–H groups in total. The Hall–Kier alpha value is -0.430. The molecule has 2 unspecified atom stereocenters. The number of halogens is 1. The Bertz CT molecular complexity index is 431. The Morgan fingerprint density at radius 3 is 2.81 bits per heavy atom. The highest BCUT2D eigenvalue weighted by Crippen LogP contribution is 2.37. The van der Waals surface area contributed by atoms with Gasteiger partial charge in [-0.05, 0) is 54.5 Å². The van der Waals surface area contributed by atoms with E-state index in [0.717, 1.165) is 16.2 Å². The van der Waals surface area contributed by atoms with E-state index in [-0.39, 0.29) is 0 Å². The van der Waals surface area contributed by atoms with Crippen LogP contribution in [0.3, 0.4) is 0 Å². The molecule has 16 heavy (non-hydrogen) atoms. The lowest BCUT2D eigenvalue weighted by molar-refractivity contribution is 0.264. The second kappa shape index (κ2) is 3.80. The molecule has 1 saturated heterocycles. The fraction of sp³-hybridized carbons (Fsp3) is 0.636. The Balaban J connectivity index is 2.01. The average molecular weight is 330 g/mol. The minimum atomic E-state index is 0.624. The van der Waals surface area contributed by atoms with E-state index in [4.69, 9.17) is 0 Å². The van der Waals surface area contributed by atoms with Gasteiger partial charge >= 0.3 is 0 Å². The molecule has 3 rings (SSSR count). The molecule has 0 radical (unpaired) electrons. The van der Waals surface area contributed by atoms with Crippen LogP contribution >= 0.6 is 22.6 Å². The quantitative estimate of drug-likeness (QED) is 0.735. The third-order valence-corrected chi connectivity index (χ3v) is 4.56. The van der Waals surface area contributed by atoms with Crippen molar-refractivity contribution in [3.63, 3.8) is 0 Å². The summed E-state index contributed by atoms with van der Waals surface area (Å²) in [6.07, 6.45) is 6.17. The standard InChI is InChI=1S/C11H15IN4/c1-15-8-3-4-9(15)6-7(5-8)10-11(12)13-14-16(10)2/h5,8-9H,3-4,6H2,1-2H3. The summed E-state index contributed by atoms with van der Waals surface area (Å²) in [7, 11) is 4.22. The van der Waals surface area contributed by atoms with E-state index in [1.54, 1.807) is 0 Å². The van der Waals surface area contributed by atoms with Crippen molar-refractivity contribution in [1.82, 2.24) is 19.9 Å². The topological polar surface area (TPSA) is 34.0 Å². The van der Waals surface area contributed by atoms with Gasteiger partial charge in [0.15, 0.2) is 3.70 Å². The largest absolute Gasteiger partial charge is 0.297 e. The van der Waals surface area contributed by atoms with Crippen LogP contribution in [0.25, 0.3) is 5.57 Å². The van der Waals surface area contributed by atoms with Gasteiger partial charge in [-0.25, -0.2) is 4.68 Å². The van der Waals surface area contributed by atoms with Crippen LogP contribution in [0, 0.1) is 3.70 Å². The van der Waals surface area contributed by atoms with Gasteiger partial charge < -0.3 is 0 Å². The number of likely N-dealkylation sites (N-methyl/N-ethyl adjacent to an activating group) is 1. The van der Waals surface area contributed by atoms with Crippen molar-refractivity contribution in [2.45, 2.75) is 31.3 Å². The zero-order valence-corrected chi connectivity index (χ0v) is 11.7. The summed E-state index contributed by atoms with van der Waals surface area (Å²) in [6.45, 7) is 0.